The fourth-order valence-corrected chi connectivity index (χ4v) is 1.01. The summed E-state index contributed by atoms with van der Waals surface area (Å²) in [4.78, 5) is 9.84. The molecule has 0 N–H and O–H groups in total. The summed E-state index contributed by atoms with van der Waals surface area (Å²) in [6.45, 7) is 0. The third kappa shape index (κ3) is 2.20. The lowest BCUT2D eigenvalue weighted by molar-refractivity contribution is -0.384. The number of benzene rings is 1. The summed E-state index contributed by atoms with van der Waals surface area (Å²) in [6, 6.07) is 6.03. The average Bonchev–Trinajstić information content (AvgIpc) is 2.05. The van der Waals surface area contributed by atoms with Crippen LogP contribution in [-0.2, 0) is 0 Å². The molecule has 0 amide bonds. The number of hydrogen-bond donors (Lipinski definition) is 0. The number of ether oxygens (including phenoxy) is 1. The van der Waals surface area contributed by atoms with Gasteiger partial charge in [0.1, 0.15) is 11.3 Å². The summed E-state index contributed by atoms with van der Waals surface area (Å²) in [7, 11) is 0. The minimum atomic E-state index is -0.457. The molecule has 0 fully saturated rings. The first-order valence-corrected chi connectivity index (χ1v) is 4.29. The highest BCUT2D eigenvalue weighted by Crippen LogP contribution is 2.19. The summed E-state index contributed by atoms with van der Waals surface area (Å²) in [5.41, 5.74) is 0.363. The predicted octanol–water partition coefficient (Wildman–Crippen LogP) is 2.33. The van der Waals surface area contributed by atoms with Crippen LogP contribution in [0, 0.1) is 10.1 Å². The maximum absolute atomic E-state index is 10.3. The Morgan fingerprint density at radius 2 is 2.33 bits per heavy atom. The standard InChI is InChI=1S/C7H6BrNO3/c8-5-12-7-3-1-2-6(4-7)9(10)11/h1-4H,5H2. The summed E-state index contributed by atoms with van der Waals surface area (Å²) < 4.78 is 5.01. The minimum absolute atomic E-state index is 0.0356. The normalized spacial score (nSPS) is 9.42. The molecular weight excluding hydrogens is 226 g/mol. The van der Waals surface area contributed by atoms with Crippen LogP contribution in [0.2, 0.25) is 0 Å². The van der Waals surface area contributed by atoms with Crippen LogP contribution in [0.5, 0.6) is 5.75 Å². The number of rotatable bonds is 3. The van der Waals surface area contributed by atoms with Gasteiger partial charge in [-0.2, -0.15) is 0 Å². The molecule has 0 saturated carbocycles. The Kier molecular flexibility index (Phi) is 3.04. The maximum atomic E-state index is 10.3. The van der Waals surface area contributed by atoms with Crippen LogP contribution >= 0.6 is 15.9 Å². The van der Waals surface area contributed by atoms with E-state index < -0.39 is 4.92 Å². The molecule has 0 bridgehead atoms. The highest BCUT2D eigenvalue weighted by Gasteiger charge is 2.05. The van der Waals surface area contributed by atoms with E-state index in [-0.39, 0.29) is 5.69 Å². The van der Waals surface area contributed by atoms with Gasteiger partial charge in [-0.1, -0.05) is 6.07 Å². The van der Waals surface area contributed by atoms with E-state index in [4.69, 9.17) is 4.74 Å². The summed E-state index contributed by atoms with van der Waals surface area (Å²) in [5, 5.41) is 10.3. The van der Waals surface area contributed by atoms with Crippen LogP contribution in [0.4, 0.5) is 5.69 Å². The van der Waals surface area contributed by atoms with Crippen LogP contribution in [0.1, 0.15) is 0 Å². The molecule has 5 heteroatoms. The van der Waals surface area contributed by atoms with Gasteiger partial charge in [-0.3, -0.25) is 10.1 Å². The number of hydrogen-bond acceptors (Lipinski definition) is 3. The Morgan fingerprint density at radius 1 is 1.58 bits per heavy atom. The lowest BCUT2D eigenvalue weighted by atomic mass is 10.3. The van der Waals surface area contributed by atoms with Crippen molar-refractivity contribution in [1.82, 2.24) is 0 Å². The Balaban J connectivity index is 2.88. The Bertz CT molecular complexity index is 290. The second kappa shape index (κ2) is 4.06. The Hall–Kier alpha value is -1.10. The van der Waals surface area contributed by atoms with Crippen LogP contribution in [0.3, 0.4) is 0 Å². The molecule has 0 aliphatic heterocycles. The van der Waals surface area contributed by atoms with Crippen molar-refractivity contribution in [2.75, 3.05) is 5.52 Å². The van der Waals surface area contributed by atoms with Crippen molar-refractivity contribution in [3.63, 3.8) is 0 Å². The lowest BCUT2D eigenvalue weighted by Crippen LogP contribution is -1.91. The topological polar surface area (TPSA) is 52.4 Å². The molecule has 4 nitrogen and oxygen atoms in total. The molecule has 12 heavy (non-hydrogen) atoms. The van der Waals surface area contributed by atoms with E-state index in [9.17, 15) is 10.1 Å². The molecule has 1 aromatic rings. The van der Waals surface area contributed by atoms with Gasteiger partial charge in [0.25, 0.3) is 5.69 Å². The fourth-order valence-electron chi connectivity index (χ4n) is 0.750. The van der Waals surface area contributed by atoms with Crippen LogP contribution in [0.25, 0.3) is 0 Å². The van der Waals surface area contributed by atoms with Gasteiger partial charge >= 0.3 is 0 Å². The highest BCUT2D eigenvalue weighted by atomic mass is 79.9. The van der Waals surface area contributed by atoms with E-state index in [1.54, 1.807) is 12.1 Å². The second-order valence-electron chi connectivity index (χ2n) is 2.01. The van der Waals surface area contributed by atoms with Crippen molar-refractivity contribution in [1.29, 1.82) is 0 Å². The SMILES string of the molecule is O=[N+]([O-])c1cccc(OCBr)c1. The van der Waals surface area contributed by atoms with E-state index in [0.717, 1.165) is 0 Å². The molecule has 1 rings (SSSR count). The van der Waals surface area contributed by atoms with Crippen molar-refractivity contribution >= 4 is 21.6 Å². The molecule has 64 valence electrons. The third-order valence-electron chi connectivity index (χ3n) is 1.25. The minimum Gasteiger partial charge on any atom is -0.482 e. The van der Waals surface area contributed by atoms with Crippen molar-refractivity contribution in [3.05, 3.63) is 34.4 Å². The summed E-state index contributed by atoms with van der Waals surface area (Å²) in [6.07, 6.45) is 0. The van der Waals surface area contributed by atoms with E-state index in [1.807, 2.05) is 0 Å². The molecule has 0 aliphatic rings. The van der Waals surface area contributed by atoms with Crippen LogP contribution in [0.15, 0.2) is 24.3 Å². The van der Waals surface area contributed by atoms with Crippen molar-refractivity contribution in [2.24, 2.45) is 0 Å². The zero-order valence-electron chi connectivity index (χ0n) is 6.07. The fraction of sp³-hybridized carbons (Fsp3) is 0.143. The molecule has 0 aromatic heterocycles. The van der Waals surface area contributed by atoms with Gasteiger partial charge < -0.3 is 4.74 Å². The maximum Gasteiger partial charge on any atom is 0.273 e. The van der Waals surface area contributed by atoms with E-state index >= 15 is 0 Å². The molecule has 0 saturated heterocycles. The molecule has 0 unspecified atom stereocenters. The van der Waals surface area contributed by atoms with E-state index in [0.29, 0.717) is 11.3 Å². The first kappa shape index (κ1) is 8.99. The molecule has 0 radical (unpaired) electrons. The molecule has 0 spiro atoms. The largest absolute Gasteiger partial charge is 0.482 e. The van der Waals surface area contributed by atoms with Gasteiger partial charge in [0.05, 0.1) is 11.0 Å². The van der Waals surface area contributed by atoms with Crippen LogP contribution < -0.4 is 4.74 Å². The number of halogens is 1. The van der Waals surface area contributed by atoms with Gasteiger partial charge in [0.2, 0.25) is 0 Å². The quantitative estimate of drug-likeness (QED) is 0.456. The molecule has 0 aliphatic carbocycles. The average molecular weight is 232 g/mol. The number of non-ortho nitro benzene ring substituents is 1. The van der Waals surface area contributed by atoms with Gasteiger partial charge in [-0.05, 0) is 22.0 Å². The number of alkyl halides is 1. The number of nitrogens with zero attached hydrogens (tertiary/aromatic N) is 1. The number of nitro groups is 1. The molecule has 0 heterocycles. The second-order valence-corrected chi connectivity index (χ2v) is 2.47. The zero-order valence-corrected chi connectivity index (χ0v) is 7.65. The van der Waals surface area contributed by atoms with Gasteiger partial charge in [-0.15, -0.1) is 0 Å². The van der Waals surface area contributed by atoms with Crippen molar-refractivity contribution in [2.45, 2.75) is 0 Å². The first-order chi connectivity index (χ1) is 5.74. The van der Waals surface area contributed by atoms with E-state index in [2.05, 4.69) is 15.9 Å². The van der Waals surface area contributed by atoms with Crippen molar-refractivity contribution in [3.8, 4) is 5.75 Å². The smallest absolute Gasteiger partial charge is 0.273 e. The predicted molar refractivity (Wildman–Crippen MR) is 47.5 cm³/mol. The molecule has 0 atom stereocenters. The Morgan fingerprint density at radius 3 is 2.92 bits per heavy atom. The summed E-state index contributed by atoms with van der Waals surface area (Å²) in [5.74, 6) is 0.487. The van der Waals surface area contributed by atoms with Crippen LogP contribution in [-0.4, -0.2) is 10.4 Å². The molecule has 1 aromatic carbocycles. The number of nitro benzene ring substituents is 1. The van der Waals surface area contributed by atoms with Crippen molar-refractivity contribution < 1.29 is 9.66 Å². The molecular formula is C7H6BrNO3. The van der Waals surface area contributed by atoms with Gasteiger partial charge in [0, 0.05) is 6.07 Å². The zero-order chi connectivity index (χ0) is 8.97. The Labute approximate surface area is 77.4 Å². The highest BCUT2D eigenvalue weighted by molar-refractivity contribution is 9.09. The van der Waals surface area contributed by atoms with Gasteiger partial charge in [-0.25, -0.2) is 0 Å². The first-order valence-electron chi connectivity index (χ1n) is 3.17. The lowest BCUT2D eigenvalue weighted by Gasteiger charge is -1.99. The monoisotopic (exact) mass is 231 g/mol. The third-order valence-corrected chi connectivity index (χ3v) is 1.48. The summed E-state index contributed by atoms with van der Waals surface area (Å²) >= 11 is 3.06. The van der Waals surface area contributed by atoms with E-state index in [1.165, 1.54) is 12.1 Å². The van der Waals surface area contributed by atoms with Gasteiger partial charge in [0.15, 0.2) is 0 Å².